The highest BCUT2D eigenvalue weighted by Crippen LogP contribution is 2.21. The number of nitrogens with zero attached hydrogens (tertiary/aromatic N) is 1. The van der Waals surface area contributed by atoms with Crippen LogP contribution in [-0.2, 0) is 9.53 Å². The zero-order valence-electron chi connectivity index (χ0n) is 11.3. The van der Waals surface area contributed by atoms with Gasteiger partial charge >= 0.3 is 5.97 Å². The topological polar surface area (TPSA) is 61.8 Å². The highest BCUT2D eigenvalue weighted by molar-refractivity contribution is 5.77. The van der Waals surface area contributed by atoms with Crippen molar-refractivity contribution < 1.29 is 19.0 Å². The van der Waals surface area contributed by atoms with Crippen LogP contribution in [0.2, 0.25) is 0 Å². The lowest BCUT2D eigenvalue weighted by molar-refractivity contribution is -0.143. The lowest BCUT2D eigenvalue weighted by Crippen LogP contribution is -2.34. The van der Waals surface area contributed by atoms with E-state index in [1.165, 1.54) is 19.2 Å². The molecule has 0 bridgehead atoms. The van der Waals surface area contributed by atoms with Gasteiger partial charge in [0.1, 0.15) is 6.04 Å². The van der Waals surface area contributed by atoms with Crippen molar-refractivity contribution in [2.24, 2.45) is 0 Å². The first kappa shape index (κ1) is 15.4. The van der Waals surface area contributed by atoms with Crippen molar-refractivity contribution in [1.29, 1.82) is 0 Å². The third kappa shape index (κ3) is 4.50. The van der Waals surface area contributed by atoms with Gasteiger partial charge in [-0.3, -0.25) is 5.32 Å². The zero-order chi connectivity index (χ0) is 14.4. The molecule has 1 unspecified atom stereocenters. The zero-order valence-corrected chi connectivity index (χ0v) is 11.3. The van der Waals surface area contributed by atoms with Gasteiger partial charge in [0, 0.05) is 13.1 Å². The van der Waals surface area contributed by atoms with E-state index in [1.807, 2.05) is 19.0 Å². The van der Waals surface area contributed by atoms with Gasteiger partial charge in [-0.15, -0.1) is 0 Å². The van der Waals surface area contributed by atoms with Crippen LogP contribution in [0.3, 0.4) is 0 Å². The fourth-order valence-electron chi connectivity index (χ4n) is 1.59. The summed E-state index contributed by atoms with van der Waals surface area (Å²) in [7, 11) is 5.10. The molecule has 0 radical (unpaired) electrons. The number of carbonyl (C=O) groups is 1. The predicted molar refractivity (Wildman–Crippen MR) is 69.4 cm³/mol. The second kappa shape index (κ2) is 7.06. The Hall–Kier alpha value is -1.66. The van der Waals surface area contributed by atoms with Crippen molar-refractivity contribution in [1.82, 2.24) is 10.2 Å². The summed E-state index contributed by atoms with van der Waals surface area (Å²) >= 11 is 0. The molecule has 0 aromatic heterocycles. The van der Waals surface area contributed by atoms with Gasteiger partial charge in [0.15, 0.2) is 11.6 Å². The molecule has 0 saturated carbocycles. The van der Waals surface area contributed by atoms with E-state index < -0.39 is 23.6 Å². The molecule has 6 heteroatoms. The molecule has 0 aliphatic rings. The van der Waals surface area contributed by atoms with Gasteiger partial charge < -0.3 is 14.7 Å². The summed E-state index contributed by atoms with van der Waals surface area (Å²) in [5, 5.41) is 12.2. The first-order chi connectivity index (χ1) is 8.95. The number of nitrogens with one attached hydrogen (secondary N) is 1. The summed E-state index contributed by atoms with van der Waals surface area (Å²) in [4.78, 5) is 13.7. The van der Waals surface area contributed by atoms with E-state index >= 15 is 0 Å². The van der Waals surface area contributed by atoms with Crippen molar-refractivity contribution in [3.05, 3.63) is 29.6 Å². The van der Waals surface area contributed by atoms with Gasteiger partial charge in [-0.25, -0.2) is 9.18 Å². The van der Waals surface area contributed by atoms with Crippen molar-refractivity contribution in [2.45, 2.75) is 6.04 Å². The molecule has 0 heterocycles. The number of aromatic hydroxyl groups is 1. The number of methoxy groups -OCH3 is 1. The van der Waals surface area contributed by atoms with E-state index in [4.69, 9.17) is 9.84 Å². The lowest BCUT2D eigenvalue weighted by Gasteiger charge is -2.18. The first-order valence-corrected chi connectivity index (χ1v) is 5.90. The molecule has 1 aromatic carbocycles. The summed E-state index contributed by atoms with van der Waals surface area (Å²) < 4.78 is 18.0. The summed E-state index contributed by atoms with van der Waals surface area (Å²) in [6.07, 6.45) is 0. The number of halogens is 1. The Balaban J connectivity index is 2.83. The van der Waals surface area contributed by atoms with Crippen LogP contribution in [0.15, 0.2) is 18.2 Å². The smallest absolute Gasteiger partial charge is 0.327 e. The fourth-order valence-corrected chi connectivity index (χ4v) is 1.59. The molecule has 0 fully saturated rings. The molecule has 1 atom stereocenters. The monoisotopic (exact) mass is 270 g/mol. The minimum absolute atomic E-state index is 0.418. The third-order valence-corrected chi connectivity index (χ3v) is 2.65. The number of phenolic OH excluding ortho intramolecular Hbond substituents is 1. The average molecular weight is 270 g/mol. The molecule has 0 amide bonds. The summed E-state index contributed by atoms with van der Waals surface area (Å²) in [5.74, 6) is -1.70. The number of hydrogen-bond acceptors (Lipinski definition) is 5. The van der Waals surface area contributed by atoms with Gasteiger partial charge in [-0.05, 0) is 31.8 Å². The SMILES string of the molecule is COC(=O)C(NCCN(C)C)c1ccc(O)c(F)c1. The molecule has 2 N–H and O–H groups in total. The maximum absolute atomic E-state index is 13.3. The molecule has 19 heavy (non-hydrogen) atoms. The number of likely N-dealkylation sites (N-methyl/N-ethyl adjacent to an activating group) is 1. The highest BCUT2D eigenvalue weighted by atomic mass is 19.1. The number of benzene rings is 1. The molecule has 0 saturated heterocycles. The standard InChI is InChI=1S/C13H19FN2O3/c1-16(2)7-6-15-12(13(18)19-3)9-4-5-11(17)10(14)8-9/h4-5,8,12,15,17H,6-7H2,1-3H3. The normalized spacial score (nSPS) is 12.5. The number of esters is 1. The molecule has 0 spiro atoms. The molecule has 5 nitrogen and oxygen atoms in total. The maximum atomic E-state index is 13.3. The van der Waals surface area contributed by atoms with Crippen molar-refractivity contribution in [3.63, 3.8) is 0 Å². The van der Waals surface area contributed by atoms with E-state index in [0.717, 1.165) is 12.6 Å². The Morgan fingerprint density at radius 2 is 2.21 bits per heavy atom. The van der Waals surface area contributed by atoms with Crippen LogP contribution in [0.1, 0.15) is 11.6 Å². The van der Waals surface area contributed by atoms with Crippen LogP contribution in [-0.4, -0.2) is 50.3 Å². The number of hydrogen-bond donors (Lipinski definition) is 2. The van der Waals surface area contributed by atoms with Gasteiger partial charge in [-0.1, -0.05) is 6.07 Å². The Labute approximate surface area is 112 Å². The number of carbonyl (C=O) groups excluding carboxylic acids is 1. The molecular formula is C13H19FN2O3. The molecule has 1 aromatic rings. The van der Waals surface area contributed by atoms with E-state index in [1.54, 1.807) is 0 Å². The lowest BCUT2D eigenvalue weighted by atomic mass is 10.1. The summed E-state index contributed by atoms with van der Waals surface area (Å²) in [6, 6.07) is 3.08. The van der Waals surface area contributed by atoms with Gasteiger partial charge in [0.25, 0.3) is 0 Å². The van der Waals surface area contributed by atoms with Crippen LogP contribution in [0.5, 0.6) is 5.75 Å². The minimum atomic E-state index is -0.763. The molecule has 0 aliphatic heterocycles. The van der Waals surface area contributed by atoms with Crippen LogP contribution in [0.25, 0.3) is 0 Å². The Kier molecular flexibility index (Phi) is 5.72. The quantitative estimate of drug-likeness (QED) is 0.752. The number of phenols is 1. The average Bonchev–Trinajstić information content (AvgIpc) is 2.37. The van der Waals surface area contributed by atoms with E-state index in [0.29, 0.717) is 12.1 Å². The van der Waals surface area contributed by atoms with Gasteiger partial charge in [0.2, 0.25) is 0 Å². The predicted octanol–water partition coefficient (Wildman–Crippen LogP) is 0.897. The Morgan fingerprint density at radius 3 is 2.74 bits per heavy atom. The number of rotatable bonds is 6. The minimum Gasteiger partial charge on any atom is -0.505 e. The molecule has 0 aliphatic carbocycles. The van der Waals surface area contributed by atoms with E-state index in [2.05, 4.69) is 5.32 Å². The fraction of sp³-hybridized carbons (Fsp3) is 0.462. The van der Waals surface area contributed by atoms with Crippen molar-refractivity contribution in [3.8, 4) is 5.75 Å². The summed E-state index contributed by atoms with van der Waals surface area (Å²) in [5.41, 5.74) is 0.418. The summed E-state index contributed by atoms with van der Waals surface area (Å²) in [6.45, 7) is 1.28. The van der Waals surface area contributed by atoms with Gasteiger partial charge in [0.05, 0.1) is 7.11 Å². The highest BCUT2D eigenvalue weighted by Gasteiger charge is 2.21. The van der Waals surface area contributed by atoms with E-state index in [-0.39, 0.29) is 0 Å². The van der Waals surface area contributed by atoms with Crippen LogP contribution in [0.4, 0.5) is 4.39 Å². The van der Waals surface area contributed by atoms with Crippen LogP contribution >= 0.6 is 0 Å². The second-order valence-electron chi connectivity index (χ2n) is 4.42. The van der Waals surface area contributed by atoms with Crippen LogP contribution < -0.4 is 5.32 Å². The van der Waals surface area contributed by atoms with Gasteiger partial charge in [-0.2, -0.15) is 0 Å². The molecule has 106 valence electrons. The Morgan fingerprint density at radius 1 is 1.53 bits per heavy atom. The largest absolute Gasteiger partial charge is 0.505 e. The molecule has 1 rings (SSSR count). The third-order valence-electron chi connectivity index (χ3n) is 2.65. The van der Waals surface area contributed by atoms with Crippen molar-refractivity contribution in [2.75, 3.05) is 34.3 Å². The van der Waals surface area contributed by atoms with Crippen molar-refractivity contribution >= 4 is 5.97 Å². The number of ether oxygens (including phenoxy) is 1. The first-order valence-electron chi connectivity index (χ1n) is 5.90. The second-order valence-corrected chi connectivity index (χ2v) is 4.42. The van der Waals surface area contributed by atoms with Crippen LogP contribution in [0, 0.1) is 5.82 Å². The Bertz CT molecular complexity index is 438. The van der Waals surface area contributed by atoms with E-state index in [9.17, 15) is 9.18 Å². The maximum Gasteiger partial charge on any atom is 0.327 e. The molecular weight excluding hydrogens is 251 g/mol.